The molecular weight excluding hydrogens is 596 g/mol. The summed E-state index contributed by atoms with van der Waals surface area (Å²) in [4.78, 5) is 43.2. The summed E-state index contributed by atoms with van der Waals surface area (Å²) in [6.07, 6.45) is 6.59. The van der Waals surface area contributed by atoms with Crippen molar-refractivity contribution in [2.75, 3.05) is 53.2 Å². The third-order valence-electron chi connectivity index (χ3n) is 6.80. The number of ether oxygens (including phenoxy) is 5. The molecule has 13 heteroatoms. The number of aliphatic hydroxyl groups excluding tert-OH is 1. The Hall–Kier alpha value is -4.38. The van der Waals surface area contributed by atoms with Crippen LogP contribution in [0, 0.1) is 17.8 Å². The Morgan fingerprint density at radius 2 is 1.87 bits per heavy atom. The fraction of sp³-hybridized carbons (Fsp3) is 0.515. The first-order chi connectivity index (χ1) is 22.0. The molecule has 1 aromatic heterocycles. The number of methoxy groups -OCH3 is 1. The first-order valence-corrected chi connectivity index (χ1v) is 15.1. The van der Waals surface area contributed by atoms with E-state index in [1.54, 1.807) is 41.3 Å². The van der Waals surface area contributed by atoms with Crippen LogP contribution < -0.4 is 20.1 Å². The van der Waals surface area contributed by atoms with E-state index >= 15 is 0 Å². The minimum Gasteiger partial charge on any atom is -0.487 e. The largest absolute Gasteiger partial charge is 0.487 e. The lowest BCUT2D eigenvalue weighted by Crippen LogP contribution is -2.59. The molecule has 3 amide bonds. The highest BCUT2D eigenvalue weighted by molar-refractivity contribution is 5.96. The Morgan fingerprint density at radius 3 is 2.54 bits per heavy atom. The van der Waals surface area contributed by atoms with Crippen LogP contribution in [0.15, 0.2) is 42.6 Å². The summed E-state index contributed by atoms with van der Waals surface area (Å²) >= 11 is 0. The number of hydrogen-bond acceptors (Lipinski definition) is 10. The second-order valence-electron chi connectivity index (χ2n) is 11.9. The SMILES string of the molecule is C#CCOCCOCC(O)CNC(=O)N1CC(Oc2cccc(Oc3ccc(C(=O)N[C@@H](CCC(C)(C)C)C(=O)OC)cn3)c2)C1. The van der Waals surface area contributed by atoms with Crippen LogP contribution in [-0.2, 0) is 19.0 Å². The number of urea groups is 1. The predicted molar refractivity (Wildman–Crippen MR) is 169 cm³/mol. The zero-order valence-electron chi connectivity index (χ0n) is 26.8. The number of terminal acetylenes is 1. The molecule has 1 aliphatic rings. The van der Waals surface area contributed by atoms with Gasteiger partial charge in [-0.3, -0.25) is 4.79 Å². The van der Waals surface area contributed by atoms with Gasteiger partial charge in [-0.25, -0.2) is 14.6 Å². The summed E-state index contributed by atoms with van der Waals surface area (Å²) in [5.41, 5.74) is 0.272. The molecule has 0 aliphatic carbocycles. The van der Waals surface area contributed by atoms with Crippen LogP contribution in [0.3, 0.4) is 0 Å². The van der Waals surface area contributed by atoms with Gasteiger partial charge in [0.15, 0.2) is 0 Å². The maximum Gasteiger partial charge on any atom is 0.328 e. The highest BCUT2D eigenvalue weighted by atomic mass is 16.5. The minimum absolute atomic E-state index is 0.00356. The number of carbonyl (C=O) groups excluding carboxylic acids is 3. The molecule has 3 rings (SSSR count). The van der Waals surface area contributed by atoms with Gasteiger partial charge in [-0.2, -0.15) is 0 Å². The summed E-state index contributed by atoms with van der Waals surface area (Å²) in [5.74, 6) is 2.71. The molecule has 13 nitrogen and oxygen atoms in total. The first kappa shape index (κ1) is 36.1. The van der Waals surface area contributed by atoms with E-state index < -0.39 is 24.0 Å². The van der Waals surface area contributed by atoms with Crippen molar-refractivity contribution in [2.24, 2.45) is 5.41 Å². The van der Waals surface area contributed by atoms with Crippen molar-refractivity contribution < 1.29 is 43.2 Å². The maximum atomic E-state index is 12.8. The lowest BCUT2D eigenvalue weighted by molar-refractivity contribution is -0.143. The standard InChI is InChI=1S/C33H44N4O9/c1-6-14-43-15-16-44-22-24(38)19-35-32(41)37-20-27(21-37)45-25-8-7-9-26(17-25)46-29-11-10-23(18-34-29)30(39)36-28(31(40)42-5)12-13-33(2,3)4/h1,7-11,17-18,24,27-28,38H,12-16,19-22H2,2-5H3,(H,35,41)(H,36,39)/t24?,28-/m0/s1. The van der Waals surface area contributed by atoms with Crippen molar-refractivity contribution in [3.8, 4) is 29.7 Å². The number of pyridine rings is 1. The monoisotopic (exact) mass is 640 g/mol. The molecule has 0 radical (unpaired) electrons. The average molecular weight is 641 g/mol. The topological polar surface area (TPSA) is 158 Å². The van der Waals surface area contributed by atoms with E-state index in [1.165, 1.54) is 13.3 Å². The van der Waals surface area contributed by atoms with Crippen LogP contribution in [0.4, 0.5) is 4.79 Å². The quantitative estimate of drug-likeness (QED) is 0.133. The molecule has 0 saturated carbocycles. The smallest absolute Gasteiger partial charge is 0.328 e. The van der Waals surface area contributed by atoms with Gasteiger partial charge in [0, 0.05) is 24.9 Å². The lowest BCUT2D eigenvalue weighted by Gasteiger charge is -2.38. The number of likely N-dealkylation sites (tertiary alicyclic amines) is 1. The number of aromatic nitrogens is 1. The van der Waals surface area contributed by atoms with Crippen LogP contribution in [0.2, 0.25) is 0 Å². The highest BCUT2D eigenvalue weighted by Gasteiger charge is 2.32. The van der Waals surface area contributed by atoms with E-state index in [0.717, 1.165) is 6.42 Å². The van der Waals surface area contributed by atoms with E-state index in [2.05, 4.69) is 42.3 Å². The molecule has 1 fully saturated rings. The molecule has 1 aromatic carbocycles. The van der Waals surface area contributed by atoms with Crippen molar-refractivity contribution >= 4 is 17.9 Å². The number of nitrogens with one attached hydrogen (secondary N) is 2. The number of aliphatic hydroxyl groups is 1. The summed E-state index contributed by atoms with van der Waals surface area (Å²) in [7, 11) is 1.29. The van der Waals surface area contributed by atoms with Gasteiger partial charge in [-0.1, -0.05) is 32.8 Å². The molecule has 250 valence electrons. The summed E-state index contributed by atoms with van der Waals surface area (Å²) in [5, 5.41) is 15.4. The zero-order valence-corrected chi connectivity index (χ0v) is 26.8. The Balaban J connectivity index is 1.41. The van der Waals surface area contributed by atoms with Gasteiger partial charge in [0.25, 0.3) is 5.91 Å². The summed E-state index contributed by atoms with van der Waals surface area (Å²) < 4.78 is 27.1. The van der Waals surface area contributed by atoms with Crippen LogP contribution in [-0.4, -0.2) is 104 Å². The van der Waals surface area contributed by atoms with Crippen molar-refractivity contribution in [1.82, 2.24) is 20.5 Å². The third kappa shape index (κ3) is 12.5. The normalized spacial score (nSPS) is 14.3. The fourth-order valence-corrected chi connectivity index (χ4v) is 4.23. The molecule has 2 atom stereocenters. The predicted octanol–water partition coefficient (Wildman–Crippen LogP) is 2.77. The van der Waals surface area contributed by atoms with Gasteiger partial charge in [0.2, 0.25) is 5.88 Å². The summed E-state index contributed by atoms with van der Waals surface area (Å²) in [6.45, 7) is 7.90. The van der Waals surface area contributed by atoms with Gasteiger partial charge in [0.05, 0.1) is 51.7 Å². The number of nitrogens with zero attached hydrogens (tertiary/aromatic N) is 2. The van der Waals surface area contributed by atoms with Crippen molar-refractivity contribution in [1.29, 1.82) is 0 Å². The average Bonchev–Trinajstić information content (AvgIpc) is 3.01. The van der Waals surface area contributed by atoms with Gasteiger partial charge in [-0.15, -0.1) is 6.42 Å². The van der Waals surface area contributed by atoms with E-state index in [4.69, 9.17) is 30.1 Å². The molecule has 2 heterocycles. The molecule has 2 aromatic rings. The third-order valence-corrected chi connectivity index (χ3v) is 6.80. The van der Waals surface area contributed by atoms with Crippen molar-refractivity contribution in [2.45, 2.75) is 51.9 Å². The molecule has 46 heavy (non-hydrogen) atoms. The van der Waals surface area contributed by atoms with Crippen LogP contribution in [0.1, 0.15) is 44.0 Å². The van der Waals surface area contributed by atoms with Gasteiger partial charge < -0.3 is 44.3 Å². The summed E-state index contributed by atoms with van der Waals surface area (Å²) in [6, 6.07) is 9.05. The molecular formula is C33H44N4O9. The zero-order chi connectivity index (χ0) is 33.5. The van der Waals surface area contributed by atoms with Crippen molar-refractivity contribution in [3.63, 3.8) is 0 Å². The molecule has 0 spiro atoms. The molecule has 1 unspecified atom stereocenters. The van der Waals surface area contributed by atoms with Gasteiger partial charge >= 0.3 is 12.0 Å². The number of hydrogen-bond donors (Lipinski definition) is 3. The number of rotatable bonds is 17. The van der Waals surface area contributed by atoms with E-state index in [1.807, 2.05) is 0 Å². The van der Waals surface area contributed by atoms with Crippen LogP contribution in [0.25, 0.3) is 0 Å². The fourth-order valence-electron chi connectivity index (χ4n) is 4.23. The Morgan fingerprint density at radius 1 is 1.13 bits per heavy atom. The Kier molecular flexibility index (Phi) is 14.1. The Bertz CT molecular complexity index is 1320. The molecule has 3 N–H and O–H groups in total. The second-order valence-corrected chi connectivity index (χ2v) is 11.9. The van der Waals surface area contributed by atoms with Gasteiger partial charge in [0.1, 0.15) is 30.3 Å². The van der Waals surface area contributed by atoms with Gasteiger partial charge in [-0.05, 0) is 36.5 Å². The number of esters is 1. The number of benzene rings is 1. The van der Waals surface area contributed by atoms with Crippen LogP contribution >= 0.6 is 0 Å². The minimum atomic E-state index is -0.849. The lowest BCUT2D eigenvalue weighted by atomic mass is 9.88. The van der Waals surface area contributed by atoms with E-state index in [9.17, 15) is 19.5 Å². The van der Waals surface area contributed by atoms with Crippen molar-refractivity contribution in [3.05, 3.63) is 48.2 Å². The molecule has 0 bridgehead atoms. The number of carbonyl (C=O) groups is 3. The van der Waals surface area contributed by atoms with Crippen LogP contribution in [0.5, 0.6) is 17.4 Å². The van der Waals surface area contributed by atoms with E-state index in [0.29, 0.717) is 44.2 Å². The Labute approximate surface area is 269 Å². The second kappa shape index (κ2) is 17.9. The molecule has 1 aliphatic heterocycles. The highest BCUT2D eigenvalue weighted by Crippen LogP contribution is 2.26. The number of amides is 3. The maximum absolute atomic E-state index is 12.8. The first-order valence-electron chi connectivity index (χ1n) is 15.1. The molecule has 1 saturated heterocycles. The van der Waals surface area contributed by atoms with E-state index in [-0.39, 0.29) is 48.8 Å².